The Morgan fingerprint density at radius 3 is 2.94 bits per heavy atom. The third-order valence-corrected chi connectivity index (χ3v) is 3.28. The van der Waals surface area contributed by atoms with Gasteiger partial charge in [0.25, 0.3) is 5.91 Å². The van der Waals surface area contributed by atoms with Gasteiger partial charge in [-0.3, -0.25) is 4.79 Å². The summed E-state index contributed by atoms with van der Waals surface area (Å²) in [6.07, 6.45) is 3.77. The molecule has 0 aliphatic carbocycles. The van der Waals surface area contributed by atoms with Crippen LogP contribution in [-0.2, 0) is 9.53 Å². The standard InChI is InChI=1S/C12H15NO5/c1-17-8-12(11(15)16)4-2-5-13(12)10(14)9-3-6-18-7-9/h3,6-7H,2,4-5,8H2,1H3,(H,15,16). The molecule has 0 radical (unpaired) electrons. The first-order valence-corrected chi connectivity index (χ1v) is 5.68. The molecule has 1 unspecified atom stereocenters. The second-order valence-electron chi connectivity index (χ2n) is 4.34. The molecule has 6 heteroatoms. The zero-order valence-electron chi connectivity index (χ0n) is 10.1. The molecular weight excluding hydrogens is 238 g/mol. The van der Waals surface area contributed by atoms with Crippen LogP contribution in [0.2, 0.25) is 0 Å². The van der Waals surface area contributed by atoms with E-state index in [9.17, 15) is 14.7 Å². The first-order chi connectivity index (χ1) is 8.62. The summed E-state index contributed by atoms with van der Waals surface area (Å²) in [5.74, 6) is -1.36. The van der Waals surface area contributed by atoms with Crippen LogP contribution >= 0.6 is 0 Å². The van der Waals surface area contributed by atoms with E-state index in [2.05, 4.69) is 0 Å². The molecule has 0 bridgehead atoms. The van der Waals surface area contributed by atoms with Crippen LogP contribution in [0.25, 0.3) is 0 Å². The van der Waals surface area contributed by atoms with Crippen molar-refractivity contribution in [3.63, 3.8) is 0 Å². The minimum Gasteiger partial charge on any atom is -0.479 e. The number of ether oxygens (including phenoxy) is 1. The number of carbonyl (C=O) groups is 2. The summed E-state index contributed by atoms with van der Waals surface area (Å²) in [6, 6.07) is 1.53. The van der Waals surface area contributed by atoms with E-state index >= 15 is 0 Å². The van der Waals surface area contributed by atoms with Crippen molar-refractivity contribution in [3.05, 3.63) is 24.2 Å². The molecule has 98 valence electrons. The summed E-state index contributed by atoms with van der Waals surface area (Å²) in [5.41, 5.74) is -0.901. The Morgan fingerprint density at radius 2 is 2.39 bits per heavy atom. The van der Waals surface area contributed by atoms with Gasteiger partial charge in [-0.25, -0.2) is 4.79 Å². The number of carboxylic acid groups (broad SMARTS) is 1. The second kappa shape index (κ2) is 4.81. The molecule has 1 fully saturated rings. The molecule has 0 saturated carbocycles. The zero-order valence-corrected chi connectivity index (χ0v) is 10.1. The number of carboxylic acids is 1. The Balaban J connectivity index is 2.30. The Bertz CT molecular complexity index is 441. The van der Waals surface area contributed by atoms with Crippen LogP contribution in [-0.4, -0.2) is 47.7 Å². The van der Waals surface area contributed by atoms with Crippen LogP contribution in [0.4, 0.5) is 0 Å². The van der Waals surface area contributed by atoms with Gasteiger partial charge in [0.2, 0.25) is 0 Å². The Morgan fingerprint density at radius 1 is 1.61 bits per heavy atom. The van der Waals surface area contributed by atoms with E-state index in [4.69, 9.17) is 9.15 Å². The lowest BCUT2D eigenvalue weighted by Crippen LogP contribution is -2.56. The summed E-state index contributed by atoms with van der Waals surface area (Å²) in [7, 11) is 1.43. The molecule has 1 saturated heterocycles. The lowest BCUT2D eigenvalue weighted by atomic mass is 9.97. The molecule has 6 nitrogen and oxygen atoms in total. The van der Waals surface area contributed by atoms with E-state index < -0.39 is 11.5 Å². The number of amides is 1. The Kier molecular flexibility index (Phi) is 3.38. The number of rotatable bonds is 4. The highest BCUT2D eigenvalue weighted by molar-refractivity contribution is 5.98. The molecule has 2 heterocycles. The summed E-state index contributed by atoms with van der Waals surface area (Å²) < 4.78 is 9.85. The smallest absolute Gasteiger partial charge is 0.332 e. The minimum absolute atomic E-state index is 0.00801. The lowest BCUT2D eigenvalue weighted by molar-refractivity contribution is -0.151. The highest BCUT2D eigenvalue weighted by Gasteiger charge is 2.50. The molecule has 1 aliphatic heterocycles. The summed E-state index contributed by atoms with van der Waals surface area (Å²) >= 11 is 0. The van der Waals surface area contributed by atoms with E-state index in [1.807, 2.05) is 0 Å². The monoisotopic (exact) mass is 253 g/mol. The van der Waals surface area contributed by atoms with Crippen molar-refractivity contribution in [1.82, 2.24) is 4.90 Å². The fourth-order valence-electron chi connectivity index (χ4n) is 2.39. The molecule has 1 atom stereocenters. The number of nitrogens with zero attached hydrogens (tertiary/aromatic N) is 1. The van der Waals surface area contributed by atoms with Crippen molar-refractivity contribution in [3.8, 4) is 0 Å². The Labute approximate surface area is 104 Å². The molecule has 2 rings (SSSR count). The van der Waals surface area contributed by atoms with Gasteiger partial charge in [-0.2, -0.15) is 0 Å². The van der Waals surface area contributed by atoms with Crippen LogP contribution in [0.5, 0.6) is 0 Å². The number of aliphatic carboxylic acids is 1. The zero-order chi connectivity index (χ0) is 13.2. The average Bonchev–Trinajstić information content (AvgIpc) is 2.98. The first-order valence-electron chi connectivity index (χ1n) is 5.68. The van der Waals surface area contributed by atoms with Crippen LogP contribution in [0.3, 0.4) is 0 Å². The number of hydrogen-bond acceptors (Lipinski definition) is 4. The third kappa shape index (κ3) is 1.88. The van der Waals surface area contributed by atoms with Gasteiger partial charge in [-0.15, -0.1) is 0 Å². The highest BCUT2D eigenvalue weighted by Crippen LogP contribution is 2.31. The van der Waals surface area contributed by atoms with Crippen molar-refractivity contribution in [2.24, 2.45) is 0 Å². The van der Waals surface area contributed by atoms with Crippen molar-refractivity contribution in [1.29, 1.82) is 0 Å². The number of hydrogen-bond donors (Lipinski definition) is 1. The number of carbonyl (C=O) groups excluding carboxylic acids is 1. The first kappa shape index (κ1) is 12.6. The van der Waals surface area contributed by atoms with E-state index in [1.54, 1.807) is 0 Å². The van der Waals surface area contributed by atoms with Crippen molar-refractivity contribution in [2.75, 3.05) is 20.3 Å². The molecule has 0 spiro atoms. The maximum atomic E-state index is 12.2. The van der Waals surface area contributed by atoms with Crippen molar-refractivity contribution < 1.29 is 23.8 Å². The van der Waals surface area contributed by atoms with E-state index in [0.717, 1.165) is 0 Å². The molecule has 1 N–H and O–H groups in total. The van der Waals surface area contributed by atoms with Gasteiger partial charge in [-0.1, -0.05) is 0 Å². The van der Waals surface area contributed by atoms with Crippen LogP contribution in [0.1, 0.15) is 23.2 Å². The topological polar surface area (TPSA) is 80.0 Å². The molecule has 1 aliphatic rings. The SMILES string of the molecule is COCC1(C(=O)O)CCCN1C(=O)c1ccoc1. The lowest BCUT2D eigenvalue weighted by Gasteiger charge is -2.33. The predicted molar refractivity (Wildman–Crippen MR) is 61.2 cm³/mol. The Hall–Kier alpha value is -1.82. The fraction of sp³-hybridized carbons (Fsp3) is 0.500. The van der Waals surface area contributed by atoms with Gasteiger partial charge in [0.15, 0.2) is 5.54 Å². The molecule has 1 aromatic rings. The molecular formula is C12H15NO5. The van der Waals surface area contributed by atoms with Crippen LogP contribution < -0.4 is 0 Å². The van der Waals surface area contributed by atoms with Gasteiger partial charge in [-0.05, 0) is 18.9 Å². The van der Waals surface area contributed by atoms with Crippen LogP contribution in [0, 0.1) is 0 Å². The maximum absolute atomic E-state index is 12.2. The summed E-state index contributed by atoms with van der Waals surface area (Å²) in [4.78, 5) is 25.1. The number of likely N-dealkylation sites (tertiary alicyclic amines) is 1. The van der Waals surface area contributed by atoms with Crippen molar-refractivity contribution >= 4 is 11.9 Å². The van der Waals surface area contributed by atoms with Gasteiger partial charge in [0.05, 0.1) is 18.4 Å². The highest BCUT2D eigenvalue weighted by atomic mass is 16.5. The largest absolute Gasteiger partial charge is 0.479 e. The van der Waals surface area contributed by atoms with E-state index in [0.29, 0.717) is 24.9 Å². The third-order valence-electron chi connectivity index (χ3n) is 3.28. The minimum atomic E-state index is -1.26. The molecule has 0 aromatic carbocycles. The van der Waals surface area contributed by atoms with E-state index in [1.165, 1.54) is 30.6 Å². The molecule has 1 aromatic heterocycles. The average molecular weight is 253 g/mol. The van der Waals surface area contributed by atoms with Crippen molar-refractivity contribution in [2.45, 2.75) is 18.4 Å². The maximum Gasteiger partial charge on any atom is 0.332 e. The van der Waals surface area contributed by atoms with E-state index in [-0.39, 0.29) is 12.5 Å². The normalized spacial score (nSPS) is 23.3. The van der Waals surface area contributed by atoms with Gasteiger partial charge < -0.3 is 19.2 Å². The predicted octanol–water partition coefficient (Wildman–Crippen LogP) is 0.985. The van der Waals surface area contributed by atoms with Gasteiger partial charge >= 0.3 is 5.97 Å². The van der Waals surface area contributed by atoms with Gasteiger partial charge in [0, 0.05) is 13.7 Å². The summed E-state index contributed by atoms with van der Waals surface area (Å²) in [6.45, 7) is 0.408. The molecule has 1 amide bonds. The summed E-state index contributed by atoms with van der Waals surface area (Å²) in [5, 5.41) is 9.41. The molecule has 18 heavy (non-hydrogen) atoms. The number of furan rings is 1. The fourth-order valence-corrected chi connectivity index (χ4v) is 2.39. The number of methoxy groups -OCH3 is 1. The second-order valence-corrected chi connectivity index (χ2v) is 4.34. The van der Waals surface area contributed by atoms with Crippen LogP contribution in [0.15, 0.2) is 23.0 Å². The van der Waals surface area contributed by atoms with Gasteiger partial charge in [0.1, 0.15) is 6.26 Å². The quantitative estimate of drug-likeness (QED) is 0.865.